The average molecular weight is 326 g/mol. The van der Waals surface area contributed by atoms with E-state index in [0.717, 1.165) is 5.56 Å². The summed E-state index contributed by atoms with van der Waals surface area (Å²) >= 11 is 0. The Morgan fingerprint density at radius 3 is 1.67 bits per heavy atom. The van der Waals surface area contributed by atoms with E-state index in [1.165, 1.54) is 0 Å². The van der Waals surface area contributed by atoms with E-state index < -0.39 is 5.41 Å². The van der Waals surface area contributed by atoms with Gasteiger partial charge in [-0.1, -0.05) is 17.7 Å². The summed E-state index contributed by atoms with van der Waals surface area (Å²) in [7, 11) is 1.58. The first-order chi connectivity index (χ1) is 11.3. The van der Waals surface area contributed by atoms with Crippen LogP contribution in [0.25, 0.3) is 0 Å². The second-order valence-electron chi connectivity index (χ2n) is 6.13. The van der Waals surface area contributed by atoms with Crippen LogP contribution < -0.4 is 15.4 Å². The highest BCUT2D eigenvalue weighted by Crippen LogP contribution is 2.23. The van der Waals surface area contributed by atoms with E-state index in [0.29, 0.717) is 17.1 Å². The first-order valence-electron chi connectivity index (χ1n) is 7.66. The first-order valence-corrected chi connectivity index (χ1v) is 7.66. The van der Waals surface area contributed by atoms with Crippen LogP contribution in [0, 0.1) is 12.3 Å². The fourth-order valence-electron chi connectivity index (χ4n) is 1.99. The zero-order valence-electron chi connectivity index (χ0n) is 14.3. The Kier molecular flexibility index (Phi) is 5.24. The Labute approximate surface area is 142 Å². The Balaban J connectivity index is 2.05. The van der Waals surface area contributed by atoms with Crippen molar-refractivity contribution in [3.63, 3.8) is 0 Å². The molecule has 5 heteroatoms. The molecule has 126 valence electrons. The zero-order chi connectivity index (χ0) is 17.7. The van der Waals surface area contributed by atoms with Crippen LogP contribution in [0.5, 0.6) is 5.75 Å². The number of hydrogen-bond donors (Lipinski definition) is 2. The summed E-state index contributed by atoms with van der Waals surface area (Å²) in [6.07, 6.45) is 0. The van der Waals surface area contributed by atoms with Crippen LogP contribution in [0.4, 0.5) is 11.4 Å². The number of ether oxygens (including phenoxy) is 1. The van der Waals surface area contributed by atoms with Gasteiger partial charge in [-0.15, -0.1) is 0 Å². The molecular formula is C19H22N2O3. The van der Waals surface area contributed by atoms with Crippen LogP contribution in [-0.4, -0.2) is 18.9 Å². The molecule has 0 aliphatic heterocycles. The molecule has 0 saturated heterocycles. The molecule has 0 heterocycles. The summed E-state index contributed by atoms with van der Waals surface area (Å²) in [5.41, 5.74) is 1.16. The third-order valence-corrected chi connectivity index (χ3v) is 3.79. The molecule has 0 unspecified atom stereocenters. The minimum atomic E-state index is -1.22. The van der Waals surface area contributed by atoms with Crippen LogP contribution >= 0.6 is 0 Å². The Hall–Kier alpha value is -2.82. The molecule has 2 rings (SSSR count). The summed E-state index contributed by atoms with van der Waals surface area (Å²) in [6.45, 7) is 5.16. The molecule has 0 bridgehead atoms. The van der Waals surface area contributed by atoms with Gasteiger partial charge < -0.3 is 15.4 Å². The Bertz CT molecular complexity index is 719. The van der Waals surface area contributed by atoms with Crippen molar-refractivity contribution in [1.29, 1.82) is 0 Å². The van der Waals surface area contributed by atoms with Crippen LogP contribution in [0.1, 0.15) is 19.4 Å². The van der Waals surface area contributed by atoms with E-state index >= 15 is 0 Å². The number of hydrogen-bond acceptors (Lipinski definition) is 3. The minimum absolute atomic E-state index is 0.364. The summed E-state index contributed by atoms with van der Waals surface area (Å²) in [5, 5.41) is 5.53. The summed E-state index contributed by atoms with van der Waals surface area (Å²) < 4.78 is 5.08. The van der Waals surface area contributed by atoms with E-state index in [9.17, 15) is 9.59 Å². The van der Waals surface area contributed by atoms with Gasteiger partial charge in [-0.25, -0.2) is 0 Å². The maximum absolute atomic E-state index is 12.5. The standard InChI is InChI=1S/C19H22N2O3/c1-13-5-7-14(8-6-13)20-17(22)19(2,3)18(23)21-15-9-11-16(24-4)12-10-15/h5-12H,1-4H3,(H,20,22)(H,21,23). The molecule has 0 aliphatic carbocycles. The third-order valence-electron chi connectivity index (χ3n) is 3.79. The quantitative estimate of drug-likeness (QED) is 0.825. The highest BCUT2D eigenvalue weighted by molar-refractivity contribution is 6.13. The van der Waals surface area contributed by atoms with E-state index in [4.69, 9.17) is 4.74 Å². The predicted molar refractivity (Wildman–Crippen MR) is 95.2 cm³/mol. The number of carbonyl (C=O) groups is 2. The van der Waals surface area contributed by atoms with Crippen LogP contribution in [0.15, 0.2) is 48.5 Å². The molecule has 0 fully saturated rings. The molecule has 0 aliphatic rings. The number of rotatable bonds is 5. The number of nitrogens with one attached hydrogen (secondary N) is 2. The van der Waals surface area contributed by atoms with Crippen molar-refractivity contribution >= 4 is 23.2 Å². The van der Waals surface area contributed by atoms with Crippen molar-refractivity contribution in [2.45, 2.75) is 20.8 Å². The van der Waals surface area contributed by atoms with E-state index in [1.54, 1.807) is 45.2 Å². The van der Waals surface area contributed by atoms with Crippen molar-refractivity contribution in [3.8, 4) is 5.75 Å². The number of carbonyl (C=O) groups excluding carboxylic acids is 2. The molecule has 0 radical (unpaired) electrons. The highest BCUT2D eigenvalue weighted by Gasteiger charge is 2.36. The van der Waals surface area contributed by atoms with Crippen LogP contribution in [0.2, 0.25) is 0 Å². The van der Waals surface area contributed by atoms with E-state index in [-0.39, 0.29) is 11.8 Å². The average Bonchev–Trinajstić information content (AvgIpc) is 2.57. The Morgan fingerprint density at radius 2 is 1.25 bits per heavy atom. The van der Waals surface area contributed by atoms with Crippen LogP contribution in [-0.2, 0) is 9.59 Å². The highest BCUT2D eigenvalue weighted by atomic mass is 16.5. The monoisotopic (exact) mass is 326 g/mol. The van der Waals surface area contributed by atoms with Gasteiger partial charge in [0.25, 0.3) is 0 Å². The van der Waals surface area contributed by atoms with Gasteiger partial charge in [-0.3, -0.25) is 9.59 Å². The van der Waals surface area contributed by atoms with Gasteiger partial charge in [0, 0.05) is 11.4 Å². The smallest absolute Gasteiger partial charge is 0.239 e. The SMILES string of the molecule is COc1ccc(NC(=O)C(C)(C)C(=O)Nc2ccc(C)cc2)cc1. The summed E-state index contributed by atoms with van der Waals surface area (Å²) in [5.74, 6) is -0.0426. The molecule has 0 saturated carbocycles. The zero-order valence-corrected chi connectivity index (χ0v) is 14.3. The second kappa shape index (κ2) is 7.17. The van der Waals surface area contributed by atoms with Crippen molar-refractivity contribution < 1.29 is 14.3 Å². The number of amides is 2. The van der Waals surface area contributed by atoms with Crippen molar-refractivity contribution in [1.82, 2.24) is 0 Å². The second-order valence-corrected chi connectivity index (χ2v) is 6.13. The lowest BCUT2D eigenvalue weighted by molar-refractivity contribution is -0.135. The van der Waals surface area contributed by atoms with Gasteiger partial charge in [0.15, 0.2) is 0 Å². The van der Waals surface area contributed by atoms with Gasteiger partial charge in [0.05, 0.1) is 7.11 Å². The van der Waals surface area contributed by atoms with Gasteiger partial charge in [-0.05, 0) is 57.2 Å². The number of methoxy groups -OCH3 is 1. The maximum Gasteiger partial charge on any atom is 0.239 e. The molecule has 24 heavy (non-hydrogen) atoms. The lowest BCUT2D eigenvalue weighted by Gasteiger charge is -2.23. The topological polar surface area (TPSA) is 67.4 Å². The maximum atomic E-state index is 12.5. The fourth-order valence-corrected chi connectivity index (χ4v) is 1.99. The summed E-state index contributed by atoms with van der Waals surface area (Å²) in [4.78, 5) is 24.9. The summed E-state index contributed by atoms with van der Waals surface area (Å²) in [6, 6.07) is 14.4. The largest absolute Gasteiger partial charge is 0.497 e. The predicted octanol–water partition coefficient (Wildman–Crippen LogP) is 3.61. The third kappa shape index (κ3) is 4.13. The molecule has 2 N–H and O–H groups in total. The van der Waals surface area contributed by atoms with Crippen molar-refractivity contribution in [2.75, 3.05) is 17.7 Å². The van der Waals surface area contributed by atoms with Crippen molar-refractivity contribution in [2.24, 2.45) is 5.41 Å². The lowest BCUT2D eigenvalue weighted by atomic mass is 9.90. The lowest BCUT2D eigenvalue weighted by Crippen LogP contribution is -2.41. The molecule has 0 atom stereocenters. The molecular weight excluding hydrogens is 304 g/mol. The number of aryl methyl sites for hydroxylation is 1. The normalized spacial score (nSPS) is 10.8. The fraction of sp³-hybridized carbons (Fsp3) is 0.263. The van der Waals surface area contributed by atoms with Gasteiger partial charge >= 0.3 is 0 Å². The van der Waals surface area contributed by atoms with Crippen molar-refractivity contribution in [3.05, 3.63) is 54.1 Å². The first kappa shape index (κ1) is 17.5. The molecule has 2 aromatic carbocycles. The van der Waals surface area contributed by atoms with E-state index in [1.807, 2.05) is 31.2 Å². The van der Waals surface area contributed by atoms with E-state index in [2.05, 4.69) is 10.6 Å². The van der Waals surface area contributed by atoms with Gasteiger partial charge in [-0.2, -0.15) is 0 Å². The van der Waals surface area contributed by atoms with Crippen LogP contribution in [0.3, 0.4) is 0 Å². The Morgan fingerprint density at radius 1 is 0.833 bits per heavy atom. The van der Waals surface area contributed by atoms with Gasteiger partial charge in [0.2, 0.25) is 11.8 Å². The minimum Gasteiger partial charge on any atom is -0.497 e. The molecule has 5 nitrogen and oxygen atoms in total. The molecule has 2 aromatic rings. The molecule has 0 spiro atoms. The molecule has 2 amide bonds. The van der Waals surface area contributed by atoms with Gasteiger partial charge in [0.1, 0.15) is 11.2 Å². The number of benzene rings is 2. The molecule has 0 aromatic heterocycles. The number of anilines is 2.